The predicted molar refractivity (Wildman–Crippen MR) is 83.6 cm³/mol. The van der Waals surface area contributed by atoms with Crippen LogP contribution in [0.2, 0.25) is 0 Å². The minimum Gasteiger partial charge on any atom is -0.496 e. The van der Waals surface area contributed by atoms with E-state index in [9.17, 15) is 0 Å². The van der Waals surface area contributed by atoms with E-state index in [1.165, 1.54) is 37.0 Å². The molecular weight excluding hydrogens is 272 g/mol. The Balaban J connectivity index is 1.94. The first kappa shape index (κ1) is 15.0. The second-order valence-corrected chi connectivity index (χ2v) is 6.22. The van der Waals surface area contributed by atoms with E-state index < -0.39 is 0 Å². The van der Waals surface area contributed by atoms with Gasteiger partial charge in [0.2, 0.25) is 0 Å². The van der Waals surface area contributed by atoms with E-state index in [2.05, 4.69) is 5.16 Å². The van der Waals surface area contributed by atoms with Crippen molar-refractivity contribution in [2.75, 3.05) is 12.9 Å². The van der Waals surface area contributed by atoms with Gasteiger partial charge in [-0.15, -0.1) is 0 Å². The van der Waals surface area contributed by atoms with Crippen molar-refractivity contribution in [2.45, 2.75) is 31.4 Å². The third-order valence-electron chi connectivity index (χ3n) is 3.75. The molecule has 0 saturated heterocycles. The van der Waals surface area contributed by atoms with Crippen LogP contribution < -0.4 is 10.5 Å². The zero-order valence-corrected chi connectivity index (χ0v) is 12.7. The minimum atomic E-state index is 0.0759. The number of methoxy groups -OCH3 is 1. The summed E-state index contributed by atoms with van der Waals surface area (Å²) in [7, 11) is 1.60. The summed E-state index contributed by atoms with van der Waals surface area (Å²) in [5, 5.41) is 11.8. The van der Waals surface area contributed by atoms with Crippen molar-refractivity contribution in [1.82, 2.24) is 0 Å². The topological polar surface area (TPSA) is 67.8 Å². The molecule has 0 atom stereocenters. The van der Waals surface area contributed by atoms with E-state index in [0.29, 0.717) is 11.3 Å². The Morgan fingerprint density at radius 3 is 2.85 bits per heavy atom. The molecule has 1 saturated carbocycles. The zero-order valence-electron chi connectivity index (χ0n) is 11.8. The van der Waals surface area contributed by atoms with Gasteiger partial charge >= 0.3 is 0 Å². The summed E-state index contributed by atoms with van der Waals surface area (Å²) >= 11 is 1.98. The number of nitrogens with two attached hydrogens (primary N) is 1. The second kappa shape index (κ2) is 7.43. The molecule has 0 bridgehead atoms. The molecule has 4 nitrogen and oxygen atoms in total. The van der Waals surface area contributed by atoms with Gasteiger partial charge in [0.05, 0.1) is 12.7 Å². The van der Waals surface area contributed by atoms with Crippen molar-refractivity contribution in [1.29, 1.82) is 0 Å². The number of oxime groups is 1. The minimum absolute atomic E-state index is 0.0759. The van der Waals surface area contributed by atoms with E-state index in [1.807, 2.05) is 30.0 Å². The Kier molecular flexibility index (Phi) is 5.59. The fourth-order valence-corrected chi connectivity index (χ4v) is 3.81. The van der Waals surface area contributed by atoms with E-state index in [1.54, 1.807) is 7.11 Å². The Hall–Kier alpha value is -1.36. The zero-order chi connectivity index (χ0) is 14.4. The molecule has 1 aliphatic carbocycles. The number of thioether (sulfide) groups is 1. The summed E-state index contributed by atoms with van der Waals surface area (Å²) in [6.07, 6.45) is 5.57. The van der Waals surface area contributed by atoms with Crippen LogP contribution in [0.25, 0.3) is 0 Å². The van der Waals surface area contributed by atoms with E-state index >= 15 is 0 Å². The molecule has 5 heteroatoms. The van der Waals surface area contributed by atoms with Crippen LogP contribution in [0.4, 0.5) is 0 Å². The number of nitrogens with zero attached hydrogens (tertiary/aromatic N) is 1. The van der Waals surface area contributed by atoms with Gasteiger partial charge in [0.25, 0.3) is 0 Å². The normalized spacial score (nSPS) is 16.6. The van der Waals surface area contributed by atoms with E-state index in [4.69, 9.17) is 15.7 Å². The maximum absolute atomic E-state index is 8.74. The highest BCUT2D eigenvalue weighted by atomic mass is 32.2. The first-order valence-corrected chi connectivity index (χ1v) is 8.12. The summed E-state index contributed by atoms with van der Waals surface area (Å²) in [5.41, 5.74) is 7.45. The number of benzene rings is 1. The highest BCUT2D eigenvalue weighted by Crippen LogP contribution is 2.30. The fourth-order valence-electron chi connectivity index (χ4n) is 2.61. The number of rotatable bonds is 6. The van der Waals surface area contributed by atoms with Crippen LogP contribution in [-0.4, -0.2) is 23.9 Å². The monoisotopic (exact) mass is 294 g/mol. The largest absolute Gasteiger partial charge is 0.496 e. The average molecular weight is 294 g/mol. The lowest BCUT2D eigenvalue weighted by Gasteiger charge is -2.11. The SMILES string of the molecule is COc1cc(CSCC2CCCC2)ccc1/C(N)=N/O. The molecular formula is C15H22N2O2S. The first-order chi connectivity index (χ1) is 9.74. The lowest BCUT2D eigenvalue weighted by atomic mass is 10.1. The molecule has 20 heavy (non-hydrogen) atoms. The van der Waals surface area contributed by atoms with Crippen molar-refractivity contribution in [3.63, 3.8) is 0 Å². The Bertz CT molecular complexity index is 471. The quantitative estimate of drug-likeness (QED) is 0.366. The van der Waals surface area contributed by atoms with Gasteiger partial charge in [0.1, 0.15) is 5.75 Å². The molecule has 2 rings (SSSR count). The van der Waals surface area contributed by atoms with Crippen LogP contribution in [0, 0.1) is 5.92 Å². The van der Waals surface area contributed by atoms with Gasteiger partial charge in [0, 0.05) is 5.75 Å². The van der Waals surface area contributed by atoms with Crippen molar-refractivity contribution < 1.29 is 9.94 Å². The van der Waals surface area contributed by atoms with Gasteiger partial charge in [-0.2, -0.15) is 11.8 Å². The van der Waals surface area contributed by atoms with Crippen molar-refractivity contribution in [3.8, 4) is 5.75 Å². The molecule has 0 aliphatic heterocycles. The number of hydrogen-bond acceptors (Lipinski definition) is 4. The second-order valence-electron chi connectivity index (χ2n) is 5.19. The lowest BCUT2D eigenvalue weighted by molar-refractivity contribution is 0.318. The number of hydrogen-bond donors (Lipinski definition) is 2. The molecule has 1 aromatic carbocycles. The molecule has 0 radical (unpaired) electrons. The summed E-state index contributed by atoms with van der Waals surface area (Å²) in [6.45, 7) is 0. The van der Waals surface area contributed by atoms with Crippen LogP contribution in [0.3, 0.4) is 0 Å². The number of ether oxygens (including phenoxy) is 1. The highest BCUT2D eigenvalue weighted by molar-refractivity contribution is 7.98. The lowest BCUT2D eigenvalue weighted by Crippen LogP contribution is -2.14. The molecule has 1 aliphatic rings. The van der Waals surface area contributed by atoms with Crippen LogP contribution in [-0.2, 0) is 5.75 Å². The Labute approximate surface area is 124 Å². The third-order valence-corrected chi connectivity index (χ3v) is 4.99. The predicted octanol–water partition coefficient (Wildman–Crippen LogP) is 3.21. The van der Waals surface area contributed by atoms with Crippen LogP contribution >= 0.6 is 11.8 Å². The summed E-state index contributed by atoms with van der Waals surface area (Å²) in [4.78, 5) is 0. The molecule has 0 heterocycles. The van der Waals surface area contributed by atoms with Crippen molar-refractivity contribution in [2.24, 2.45) is 16.8 Å². The summed E-state index contributed by atoms with van der Waals surface area (Å²) < 4.78 is 5.31. The Morgan fingerprint density at radius 1 is 1.45 bits per heavy atom. The van der Waals surface area contributed by atoms with Gasteiger partial charge in [-0.25, -0.2) is 0 Å². The van der Waals surface area contributed by atoms with Crippen LogP contribution in [0.1, 0.15) is 36.8 Å². The molecule has 0 unspecified atom stereocenters. The van der Waals surface area contributed by atoms with E-state index in [-0.39, 0.29) is 5.84 Å². The molecule has 0 aromatic heterocycles. The van der Waals surface area contributed by atoms with Crippen molar-refractivity contribution in [3.05, 3.63) is 29.3 Å². The number of amidine groups is 1. The maximum atomic E-state index is 8.74. The molecule has 1 aromatic rings. The van der Waals surface area contributed by atoms with Gasteiger partial charge in [-0.3, -0.25) is 0 Å². The molecule has 3 N–H and O–H groups in total. The van der Waals surface area contributed by atoms with Gasteiger partial charge in [-0.1, -0.05) is 24.1 Å². The van der Waals surface area contributed by atoms with E-state index in [0.717, 1.165) is 11.7 Å². The summed E-state index contributed by atoms with van der Waals surface area (Å²) in [6, 6.07) is 5.83. The van der Waals surface area contributed by atoms with Gasteiger partial charge < -0.3 is 15.7 Å². The third kappa shape index (κ3) is 3.82. The van der Waals surface area contributed by atoms with Gasteiger partial charge in [0.15, 0.2) is 5.84 Å². The van der Waals surface area contributed by atoms with Crippen molar-refractivity contribution >= 4 is 17.6 Å². The van der Waals surface area contributed by atoms with Crippen LogP contribution in [0.15, 0.2) is 23.4 Å². The van der Waals surface area contributed by atoms with Crippen LogP contribution in [0.5, 0.6) is 5.75 Å². The molecule has 110 valence electrons. The maximum Gasteiger partial charge on any atom is 0.173 e. The average Bonchev–Trinajstić information content (AvgIpc) is 2.99. The summed E-state index contributed by atoms with van der Waals surface area (Å²) in [5.74, 6) is 3.85. The molecule has 0 amide bonds. The molecule has 0 spiro atoms. The Morgan fingerprint density at radius 2 is 2.20 bits per heavy atom. The fraction of sp³-hybridized carbons (Fsp3) is 0.533. The van der Waals surface area contributed by atoms with Gasteiger partial charge in [-0.05, 0) is 42.2 Å². The standard InChI is InChI=1S/C15H22N2O2S/c1-19-14-8-12(6-7-13(14)15(16)17-18)10-20-9-11-4-2-3-5-11/h6-8,11,18H,2-5,9-10H2,1H3,(H2,16,17). The smallest absolute Gasteiger partial charge is 0.173 e. The highest BCUT2D eigenvalue weighted by Gasteiger charge is 2.15. The molecule has 1 fully saturated rings. The first-order valence-electron chi connectivity index (χ1n) is 6.97.